The minimum absolute atomic E-state index is 0.0392. The Kier molecular flexibility index (Phi) is 3.76. The Balaban J connectivity index is 2.27. The molecule has 1 saturated heterocycles. The molecule has 2 N–H and O–H groups in total. The quantitative estimate of drug-likeness (QED) is 0.659. The average molecular weight is 277 g/mol. The number of rotatable bonds is 2. The van der Waals surface area contributed by atoms with E-state index >= 15 is 0 Å². The summed E-state index contributed by atoms with van der Waals surface area (Å²) in [6, 6.07) is 6.10. The third-order valence-electron chi connectivity index (χ3n) is 3.93. The normalized spacial score (nSPS) is 21.6. The number of likely N-dealkylation sites (tertiary alicyclic amines) is 1. The molecule has 1 amide bonds. The minimum atomic E-state index is -0.520. The monoisotopic (exact) mass is 277 g/mol. The molecular weight excluding hydrogens is 258 g/mol. The van der Waals surface area contributed by atoms with Gasteiger partial charge in [0.2, 0.25) is 0 Å². The maximum Gasteiger partial charge on any atom is 0.282 e. The second kappa shape index (κ2) is 5.20. The first-order chi connectivity index (χ1) is 9.33. The number of nitrogens with zero attached hydrogens (tertiary/aromatic N) is 2. The molecule has 1 aliphatic heterocycles. The number of hydrogen-bond donors (Lipinski definition) is 1. The standard InChI is InChI=1S/C14H19N3O3/c1-14(2)9-16(8-7-12(14)15)13(18)10-5-3-4-6-11(10)17(19)20/h3-6,12H,7-9,15H2,1-2H3. The van der Waals surface area contributed by atoms with Crippen molar-refractivity contribution < 1.29 is 9.72 Å². The lowest BCUT2D eigenvalue weighted by atomic mass is 9.79. The molecule has 0 aromatic heterocycles. The first-order valence-electron chi connectivity index (χ1n) is 6.61. The van der Waals surface area contributed by atoms with Crippen molar-refractivity contribution in [2.75, 3.05) is 13.1 Å². The highest BCUT2D eigenvalue weighted by Crippen LogP contribution is 2.29. The van der Waals surface area contributed by atoms with E-state index in [1.807, 2.05) is 13.8 Å². The molecule has 20 heavy (non-hydrogen) atoms. The lowest BCUT2D eigenvalue weighted by Crippen LogP contribution is -2.54. The zero-order valence-electron chi connectivity index (χ0n) is 11.7. The molecule has 1 aromatic rings. The van der Waals surface area contributed by atoms with Crippen LogP contribution in [0.4, 0.5) is 5.69 Å². The Hall–Kier alpha value is -1.95. The molecule has 0 spiro atoms. The van der Waals surface area contributed by atoms with Gasteiger partial charge in [-0.3, -0.25) is 14.9 Å². The second-order valence-electron chi connectivity index (χ2n) is 5.88. The summed E-state index contributed by atoms with van der Waals surface area (Å²) in [6.07, 6.45) is 0.708. The van der Waals surface area contributed by atoms with Crippen molar-refractivity contribution in [1.82, 2.24) is 4.90 Å². The van der Waals surface area contributed by atoms with E-state index in [-0.39, 0.29) is 28.6 Å². The Bertz CT molecular complexity index is 542. The van der Waals surface area contributed by atoms with Crippen molar-refractivity contribution in [3.05, 3.63) is 39.9 Å². The van der Waals surface area contributed by atoms with Gasteiger partial charge in [-0.2, -0.15) is 0 Å². The molecule has 1 unspecified atom stereocenters. The molecule has 0 saturated carbocycles. The van der Waals surface area contributed by atoms with Gasteiger partial charge in [0.05, 0.1) is 4.92 Å². The van der Waals surface area contributed by atoms with Crippen LogP contribution in [0.2, 0.25) is 0 Å². The maximum atomic E-state index is 12.5. The minimum Gasteiger partial charge on any atom is -0.338 e. The van der Waals surface area contributed by atoms with E-state index in [4.69, 9.17) is 5.73 Å². The third kappa shape index (κ3) is 2.65. The highest BCUT2D eigenvalue weighted by atomic mass is 16.6. The largest absolute Gasteiger partial charge is 0.338 e. The molecule has 1 aromatic carbocycles. The van der Waals surface area contributed by atoms with Crippen LogP contribution in [0.1, 0.15) is 30.6 Å². The number of benzene rings is 1. The number of nitro benzene ring substituents is 1. The first-order valence-corrected chi connectivity index (χ1v) is 6.61. The number of piperidine rings is 1. The Morgan fingerprint density at radius 1 is 1.45 bits per heavy atom. The van der Waals surface area contributed by atoms with Gasteiger partial charge in [0.15, 0.2) is 0 Å². The van der Waals surface area contributed by atoms with Crippen molar-refractivity contribution in [1.29, 1.82) is 0 Å². The molecule has 1 fully saturated rings. The zero-order valence-corrected chi connectivity index (χ0v) is 11.7. The van der Waals surface area contributed by atoms with Gasteiger partial charge in [-0.05, 0) is 17.9 Å². The van der Waals surface area contributed by atoms with E-state index in [2.05, 4.69) is 0 Å². The maximum absolute atomic E-state index is 12.5. The molecule has 0 radical (unpaired) electrons. The van der Waals surface area contributed by atoms with Gasteiger partial charge in [0, 0.05) is 25.2 Å². The fourth-order valence-electron chi connectivity index (χ4n) is 2.53. The zero-order chi connectivity index (χ0) is 14.9. The smallest absolute Gasteiger partial charge is 0.282 e. The van der Waals surface area contributed by atoms with Gasteiger partial charge in [-0.15, -0.1) is 0 Å². The van der Waals surface area contributed by atoms with Crippen LogP contribution in [0.5, 0.6) is 0 Å². The van der Waals surface area contributed by atoms with Gasteiger partial charge in [0.25, 0.3) is 11.6 Å². The summed E-state index contributed by atoms with van der Waals surface area (Å²) in [4.78, 5) is 24.6. The fraction of sp³-hybridized carbons (Fsp3) is 0.500. The topological polar surface area (TPSA) is 89.5 Å². The Labute approximate surface area is 117 Å². The number of carbonyl (C=O) groups is 1. The summed E-state index contributed by atoms with van der Waals surface area (Å²) in [5.74, 6) is -0.294. The molecule has 2 rings (SSSR count). The number of nitrogens with two attached hydrogens (primary N) is 1. The molecule has 1 aliphatic rings. The van der Waals surface area contributed by atoms with E-state index in [0.717, 1.165) is 0 Å². The van der Waals surface area contributed by atoms with Gasteiger partial charge >= 0.3 is 0 Å². The van der Waals surface area contributed by atoms with Crippen LogP contribution in [-0.4, -0.2) is 34.9 Å². The lowest BCUT2D eigenvalue weighted by Gasteiger charge is -2.42. The van der Waals surface area contributed by atoms with Crippen LogP contribution in [-0.2, 0) is 0 Å². The van der Waals surface area contributed by atoms with Crippen molar-refractivity contribution in [2.45, 2.75) is 26.3 Å². The Morgan fingerprint density at radius 3 is 2.70 bits per heavy atom. The predicted octanol–water partition coefficient (Wildman–Crippen LogP) is 1.79. The number of para-hydroxylation sites is 1. The number of carbonyl (C=O) groups excluding carboxylic acids is 1. The highest BCUT2D eigenvalue weighted by Gasteiger charge is 2.36. The molecule has 6 heteroatoms. The Morgan fingerprint density at radius 2 is 2.10 bits per heavy atom. The van der Waals surface area contributed by atoms with Crippen molar-refractivity contribution in [3.8, 4) is 0 Å². The molecule has 108 valence electrons. The molecule has 6 nitrogen and oxygen atoms in total. The van der Waals surface area contributed by atoms with Crippen molar-refractivity contribution in [2.24, 2.45) is 11.1 Å². The summed E-state index contributed by atoms with van der Waals surface area (Å²) in [5.41, 5.74) is 5.86. The van der Waals surface area contributed by atoms with Crippen molar-refractivity contribution >= 4 is 11.6 Å². The van der Waals surface area contributed by atoms with E-state index < -0.39 is 4.92 Å². The average Bonchev–Trinajstić information content (AvgIpc) is 2.41. The van der Waals surface area contributed by atoms with Gasteiger partial charge in [0.1, 0.15) is 5.56 Å². The van der Waals surface area contributed by atoms with Crippen LogP contribution < -0.4 is 5.73 Å². The number of amides is 1. The predicted molar refractivity (Wildman–Crippen MR) is 75.4 cm³/mol. The van der Waals surface area contributed by atoms with Gasteiger partial charge in [-0.1, -0.05) is 26.0 Å². The van der Waals surface area contributed by atoms with E-state index in [9.17, 15) is 14.9 Å². The van der Waals surface area contributed by atoms with Crippen LogP contribution in [0.3, 0.4) is 0 Å². The van der Waals surface area contributed by atoms with E-state index in [0.29, 0.717) is 19.5 Å². The van der Waals surface area contributed by atoms with Crippen LogP contribution in [0.25, 0.3) is 0 Å². The van der Waals surface area contributed by atoms with Crippen LogP contribution in [0, 0.1) is 15.5 Å². The molecule has 1 heterocycles. The highest BCUT2D eigenvalue weighted by molar-refractivity contribution is 5.98. The summed E-state index contributed by atoms with van der Waals surface area (Å²) >= 11 is 0. The SMILES string of the molecule is CC1(C)CN(C(=O)c2ccccc2[N+](=O)[O-])CCC1N. The molecule has 1 atom stereocenters. The molecule has 0 bridgehead atoms. The molecule has 0 aliphatic carbocycles. The van der Waals surface area contributed by atoms with Crippen LogP contribution >= 0.6 is 0 Å². The second-order valence-corrected chi connectivity index (χ2v) is 5.88. The van der Waals surface area contributed by atoms with Crippen molar-refractivity contribution in [3.63, 3.8) is 0 Å². The summed E-state index contributed by atoms with van der Waals surface area (Å²) in [7, 11) is 0. The van der Waals surface area contributed by atoms with Crippen LogP contribution in [0.15, 0.2) is 24.3 Å². The summed E-state index contributed by atoms with van der Waals surface area (Å²) in [6.45, 7) is 5.07. The van der Waals surface area contributed by atoms with E-state index in [1.165, 1.54) is 12.1 Å². The first kappa shape index (κ1) is 14.5. The number of hydrogen-bond acceptors (Lipinski definition) is 4. The lowest BCUT2D eigenvalue weighted by molar-refractivity contribution is -0.385. The number of nitro groups is 1. The molecular formula is C14H19N3O3. The van der Waals surface area contributed by atoms with E-state index in [1.54, 1.807) is 17.0 Å². The summed E-state index contributed by atoms with van der Waals surface area (Å²) < 4.78 is 0. The summed E-state index contributed by atoms with van der Waals surface area (Å²) in [5, 5.41) is 11.0. The van der Waals surface area contributed by atoms with Gasteiger partial charge < -0.3 is 10.6 Å². The van der Waals surface area contributed by atoms with Gasteiger partial charge in [-0.25, -0.2) is 0 Å². The fourth-order valence-corrected chi connectivity index (χ4v) is 2.53. The third-order valence-corrected chi connectivity index (χ3v) is 3.93.